The molecule has 1 atom stereocenters. The maximum absolute atomic E-state index is 5.63. The van der Waals surface area contributed by atoms with Gasteiger partial charge in [0, 0.05) is 31.8 Å². The number of piperidine rings is 1. The highest BCUT2D eigenvalue weighted by molar-refractivity contribution is 4.82. The van der Waals surface area contributed by atoms with Gasteiger partial charge in [0.05, 0.1) is 6.61 Å². The summed E-state index contributed by atoms with van der Waals surface area (Å²) in [7, 11) is 0. The number of nitrogens with zero attached hydrogens (tertiary/aromatic N) is 1. The van der Waals surface area contributed by atoms with Crippen LogP contribution in [0.25, 0.3) is 0 Å². The number of rotatable bonds is 7. The molecule has 102 valence electrons. The normalized spacial score (nSPS) is 21.0. The molecule has 0 aromatic carbocycles. The fourth-order valence-corrected chi connectivity index (χ4v) is 2.68. The summed E-state index contributed by atoms with van der Waals surface area (Å²) < 4.78 is 5.63. The van der Waals surface area contributed by atoms with Crippen LogP contribution in [0.4, 0.5) is 0 Å². The van der Waals surface area contributed by atoms with Crippen LogP contribution in [0.2, 0.25) is 0 Å². The Morgan fingerprint density at radius 3 is 2.35 bits per heavy atom. The molecular formula is C14H30N2O. The van der Waals surface area contributed by atoms with Gasteiger partial charge in [-0.15, -0.1) is 0 Å². The van der Waals surface area contributed by atoms with E-state index in [1.807, 2.05) is 0 Å². The summed E-state index contributed by atoms with van der Waals surface area (Å²) in [5.41, 5.74) is 0. The molecular weight excluding hydrogens is 212 g/mol. The Hall–Kier alpha value is -0.120. The lowest BCUT2D eigenvalue weighted by atomic mass is 9.98. The Morgan fingerprint density at radius 2 is 1.88 bits per heavy atom. The third-order valence-electron chi connectivity index (χ3n) is 3.75. The van der Waals surface area contributed by atoms with E-state index >= 15 is 0 Å². The van der Waals surface area contributed by atoms with Gasteiger partial charge in [0.15, 0.2) is 0 Å². The maximum atomic E-state index is 5.63. The molecule has 0 amide bonds. The van der Waals surface area contributed by atoms with E-state index in [0.29, 0.717) is 12.0 Å². The Morgan fingerprint density at radius 1 is 1.24 bits per heavy atom. The minimum Gasteiger partial charge on any atom is -0.380 e. The molecule has 1 aliphatic heterocycles. The van der Waals surface area contributed by atoms with E-state index in [1.54, 1.807) is 0 Å². The smallest absolute Gasteiger partial charge is 0.0624 e. The predicted octanol–water partition coefficient (Wildman–Crippen LogP) is 2.12. The first kappa shape index (κ1) is 14.9. The van der Waals surface area contributed by atoms with E-state index in [9.17, 15) is 0 Å². The van der Waals surface area contributed by atoms with Crippen LogP contribution in [-0.2, 0) is 4.74 Å². The van der Waals surface area contributed by atoms with E-state index in [0.717, 1.165) is 25.8 Å². The average molecular weight is 242 g/mol. The van der Waals surface area contributed by atoms with Crippen LogP contribution in [0.15, 0.2) is 0 Å². The van der Waals surface area contributed by atoms with Gasteiger partial charge in [0.25, 0.3) is 0 Å². The molecule has 1 fully saturated rings. The molecule has 3 heteroatoms. The number of hydrogen-bond donors (Lipinski definition) is 1. The van der Waals surface area contributed by atoms with Crippen LogP contribution in [0, 0.1) is 5.92 Å². The summed E-state index contributed by atoms with van der Waals surface area (Å²) in [5, 5.41) is 3.56. The Kier molecular flexibility index (Phi) is 7.09. The number of ether oxygens (including phenoxy) is 1. The Balaban J connectivity index is 2.37. The first-order valence-corrected chi connectivity index (χ1v) is 7.24. The summed E-state index contributed by atoms with van der Waals surface area (Å²) in [6.07, 6.45) is 2.56. The molecule has 0 aromatic rings. The van der Waals surface area contributed by atoms with Crippen molar-refractivity contribution in [2.75, 3.05) is 32.8 Å². The Bertz CT molecular complexity index is 189. The van der Waals surface area contributed by atoms with Crippen molar-refractivity contribution in [3.63, 3.8) is 0 Å². The van der Waals surface area contributed by atoms with Gasteiger partial charge < -0.3 is 10.1 Å². The second kappa shape index (κ2) is 8.06. The van der Waals surface area contributed by atoms with Gasteiger partial charge in [-0.3, -0.25) is 4.90 Å². The topological polar surface area (TPSA) is 24.5 Å². The van der Waals surface area contributed by atoms with Crippen LogP contribution in [0.1, 0.15) is 40.5 Å². The first-order chi connectivity index (χ1) is 8.19. The van der Waals surface area contributed by atoms with Crippen LogP contribution in [0.3, 0.4) is 0 Å². The van der Waals surface area contributed by atoms with E-state index in [4.69, 9.17) is 4.74 Å². The lowest BCUT2D eigenvalue weighted by Crippen LogP contribution is -2.50. The molecule has 3 nitrogen and oxygen atoms in total. The Labute approximate surface area is 107 Å². The highest BCUT2D eigenvalue weighted by Gasteiger charge is 2.26. The van der Waals surface area contributed by atoms with Crippen LogP contribution in [0.5, 0.6) is 0 Å². The van der Waals surface area contributed by atoms with E-state index in [1.165, 1.54) is 25.9 Å². The SMILES string of the molecule is CCNC1CCN(C(COCC)C(C)C)CC1. The molecule has 1 heterocycles. The monoisotopic (exact) mass is 242 g/mol. The van der Waals surface area contributed by atoms with Crippen LogP contribution in [-0.4, -0.2) is 49.8 Å². The van der Waals surface area contributed by atoms with Crippen molar-refractivity contribution in [1.82, 2.24) is 10.2 Å². The number of nitrogens with one attached hydrogen (secondary N) is 1. The highest BCUT2D eigenvalue weighted by Crippen LogP contribution is 2.18. The molecule has 0 spiro atoms. The van der Waals surface area contributed by atoms with Gasteiger partial charge >= 0.3 is 0 Å². The summed E-state index contributed by atoms with van der Waals surface area (Å²) in [6, 6.07) is 1.33. The van der Waals surface area contributed by atoms with Gasteiger partial charge in [0.1, 0.15) is 0 Å². The molecule has 1 aliphatic rings. The van der Waals surface area contributed by atoms with Crippen molar-refractivity contribution in [3.05, 3.63) is 0 Å². The van der Waals surface area contributed by atoms with Crippen molar-refractivity contribution >= 4 is 0 Å². The number of hydrogen-bond acceptors (Lipinski definition) is 3. The minimum absolute atomic E-state index is 0.595. The molecule has 1 unspecified atom stereocenters. The molecule has 1 rings (SSSR count). The minimum atomic E-state index is 0.595. The fourth-order valence-electron chi connectivity index (χ4n) is 2.68. The molecule has 1 saturated heterocycles. The van der Waals surface area contributed by atoms with Gasteiger partial charge in [-0.25, -0.2) is 0 Å². The van der Waals surface area contributed by atoms with Crippen LogP contribution >= 0.6 is 0 Å². The van der Waals surface area contributed by atoms with E-state index < -0.39 is 0 Å². The van der Waals surface area contributed by atoms with Gasteiger partial charge in [-0.1, -0.05) is 20.8 Å². The molecule has 0 bridgehead atoms. The molecule has 17 heavy (non-hydrogen) atoms. The second-order valence-electron chi connectivity index (χ2n) is 5.34. The van der Waals surface area contributed by atoms with Crippen molar-refractivity contribution in [2.45, 2.75) is 52.6 Å². The zero-order valence-electron chi connectivity index (χ0n) is 12.0. The fraction of sp³-hybridized carbons (Fsp3) is 1.00. The molecule has 0 radical (unpaired) electrons. The average Bonchev–Trinajstić information content (AvgIpc) is 2.31. The highest BCUT2D eigenvalue weighted by atomic mass is 16.5. The molecule has 0 aromatic heterocycles. The molecule has 0 aliphatic carbocycles. The second-order valence-corrected chi connectivity index (χ2v) is 5.34. The van der Waals surface area contributed by atoms with Crippen molar-refractivity contribution in [3.8, 4) is 0 Å². The third-order valence-corrected chi connectivity index (χ3v) is 3.75. The molecule has 0 saturated carbocycles. The standard InChI is InChI=1S/C14H30N2O/c1-5-15-13-7-9-16(10-8-13)14(12(3)4)11-17-6-2/h12-15H,5-11H2,1-4H3. The van der Waals surface area contributed by atoms with Crippen molar-refractivity contribution < 1.29 is 4.74 Å². The lowest BCUT2D eigenvalue weighted by molar-refractivity contribution is 0.0302. The summed E-state index contributed by atoms with van der Waals surface area (Å²) in [6.45, 7) is 14.1. The zero-order valence-corrected chi connectivity index (χ0v) is 12.0. The number of likely N-dealkylation sites (tertiary alicyclic amines) is 1. The third kappa shape index (κ3) is 4.94. The quantitative estimate of drug-likeness (QED) is 0.740. The maximum Gasteiger partial charge on any atom is 0.0624 e. The zero-order chi connectivity index (χ0) is 12.7. The van der Waals surface area contributed by atoms with E-state index in [2.05, 4.69) is 37.9 Å². The van der Waals surface area contributed by atoms with Crippen LogP contribution < -0.4 is 5.32 Å². The first-order valence-electron chi connectivity index (χ1n) is 7.24. The van der Waals surface area contributed by atoms with Gasteiger partial charge in [-0.05, 0) is 32.2 Å². The summed E-state index contributed by atoms with van der Waals surface area (Å²) >= 11 is 0. The van der Waals surface area contributed by atoms with Crippen molar-refractivity contribution in [2.24, 2.45) is 5.92 Å². The molecule has 1 N–H and O–H groups in total. The van der Waals surface area contributed by atoms with Crippen molar-refractivity contribution in [1.29, 1.82) is 0 Å². The summed E-state index contributed by atoms with van der Waals surface area (Å²) in [5.74, 6) is 0.678. The summed E-state index contributed by atoms with van der Waals surface area (Å²) in [4.78, 5) is 2.62. The largest absolute Gasteiger partial charge is 0.380 e. The van der Waals surface area contributed by atoms with Gasteiger partial charge in [0.2, 0.25) is 0 Å². The predicted molar refractivity (Wildman–Crippen MR) is 73.4 cm³/mol. The van der Waals surface area contributed by atoms with E-state index in [-0.39, 0.29) is 0 Å². The lowest BCUT2D eigenvalue weighted by Gasteiger charge is -2.39. The van der Waals surface area contributed by atoms with Gasteiger partial charge in [-0.2, -0.15) is 0 Å².